The Bertz CT molecular complexity index is 773. The minimum absolute atomic E-state index is 0.0106. The molecule has 0 nitrogen and oxygen atoms in total. The second-order valence-corrected chi connectivity index (χ2v) is 9.78. The quantitative estimate of drug-likeness (QED) is 0.483. The van der Waals surface area contributed by atoms with Gasteiger partial charge in [-0.15, -0.1) is 0 Å². The normalized spacial score (nSPS) is 18.3. The smallest absolute Gasteiger partial charge is 0.0219 e. The molecule has 1 heteroatoms. The van der Waals surface area contributed by atoms with Crippen molar-refractivity contribution < 1.29 is 0 Å². The summed E-state index contributed by atoms with van der Waals surface area (Å²) in [6.07, 6.45) is 0. The molecule has 122 valence electrons. The Morgan fingerprint density at radius 2 is 1.43 bits per heavy atom. The van der Waals surface area contributed by atoms with Crippen molar-refractivity contribution in [1.82, 2.24) is 0 Å². The van der Waals surface area contributed by atoms with Gasteiger partial charge in [0, 0.05) is 15.3 Å². The maximum absolute atomic E-state index is 3.81. The van der Waals surface area contributed by atoms with Gasteiger partial charge in [0.1, 0.15) is 0 Å². The first-order valence-corrected chi connectivity index (χ1v) is 9.21. The van der Waals surface area contributed by atoms with Gasteiger partial charge in [-0.1, -0.05) is 94.7 Å². The van der Waals surface area contributed by atoms with Crippen LogP contribution in [-0.2, 0) is 16.2 Å². The van der Waals surface area contributed by atoms with Gasteiger partial charge in [-0.25, -0.2) is 0 Å². The fraction of sp³-hybridized carbons (Fsp3) is 0.455. The molecule has 0 unspecified atom stereocenters. The summed E-state index contributed by atoms with van der Waals surface area (Å²) in [5.41, 5.74) is 7.42. The van der Waals surface area contributed by atoms with Crippen LogP contribution in [0.5, 0.6) is 0 Å². The fourth-order valence-corrected chi connectivity index (χ4v) is 4.89. The number of rotatable bonds is 0. The van der Waals surface area contributed by atoms with Gasteiger partial charge in [-0.3, -0.25) is 0 Å². The molecule has 2 aromatic rings. The molecule has 0 saturated heterocycles. The van der Waals surface area contributed by atoms with Crippen molar-refractivity contribution in [2.45, 2.75) is 64.7 Å². The minimum atomic E-state index is 0.0106. The van der Waals surface area contributed by atoms with Crippen molar-refractivity contribution in [3.63, 3.8) is 0 Å². The Balaban J connectivity index is 2.37. The zero-order valence-corrected chi connectivity index (χ0v) is 16.9. The van der Waals surface area contributed by atoms with Crippen LogP contribution in [0.15, 0.2) is 40.9 Å². The number of halogens is 1. The Hall–Kier alpha value is -1.08. The molecule has 0 heterocycles. The third-order valence-corrected chi connectivity index (χ3v) is 6.21. The zero-order chi connectivity index (χ0) is 17.2. The second-order valence-electron chi connectivity index (χ2n) is 8.92. The van der Waals surface area contributed by atoms with Crippen molar-refractivity contribution in [2.24, 2.45) is 0 Å². The fourth-order valence-electron chi connectivity index (χ4n) is 4.03. The first-order chi connectivity index (χ1) is 10.5. The predicted molar refractivity (Wildman–Crippen MR) is 104 cm³/mol. The van der Waals surface area contributed by atoms with Crippen molar-refractivity contribution in [1.29, 1.82) is 0 Å². The van der Waals surface area contributed by atoms with E-state index in [1.807, 2.05) is 0 Å². The lowest BCUT2D eigenvalue weighted by Crippen LogP contribution is -2.37. The number of hydrogen-bond donors (Lipinski definition) is 0. The summed E-state index contributed by atoms with van der Waals surface area (Å²) in [7, 11) is 0. The molecular weight excluding hydrogens is 344 g/mol. The predicted octanol–water partition coefficient (Wildman–Crippen LogP) is 6.71. The van der Waals surface area contributed by atoms with Gasteiger partial charge in [-0.2, -0.15) is 0 Å². The van der Waals surface area contributed by atoms with Gasteiger partial charge in [0.15, 0.2) is 0 Å². The van der Waals surface area contributed by atoms with E-state index < -0.39 is 0 Å². The molecule has 0 radical (unpaired) electrons. The summed E-state index contributed by atoms with van der Waals surface area (Å²) >= 11 is 3.81. The highest BCUT2D eigenvalue weighted by Gasteiger charge is 2.42. The first-order valence-electron chi connectivity index (χ1n) is 8.42. The van der Waals surface area contributed by atoms with Gasteiger partial charge in [0.2, 0.25) is 0 Å². The molecule has 0 saturated carbocycles. The molecule has 0 spiro atoms. The molecule has 0 amide bonds. The van der Waals surface area contributed by atoms with E-state index in [4.69, 9.17) is 0 Å². The summed E-state index contributed by atoms with van der Waals surface area (Å²) in [4.78, 5) is 0. The Labute approximate surface area is 149 Å². The van der Waals surface area contributed by atoms with Gasteiger partial charge in [0.25, 0.3) is 0 Å². The maximum atomic E-state index is 3.81. The SMILES string of the molecule is CC(C)(C)c1ccc2c(c1)C(C)(C)c1cccc(Br)c1C2(C)C. The summed E-state index contributed by atoms with van der Waals surface area (Å²) in [6.45, 7) is 16.3. The topological polar surface area (TPSA) is 0 Å². The van der Waals surface area contributed by atoms with Gasteiger partial charge in [-0.05, 0) is 39.3 Å². The van der Waals surface area contributed by atoms with E-state index in [9.17, 15) is 0 Å². The minimum Gasteiger partial charge on any atom is -0.0608 e. The van der Waals surface area contributed by atoms with Crippen LogP contribution in [0.4, 0.5) is 0 Å². The monoisotopic (exact) mass is 370 g/mol. The summed E-state index contributed by atoms with van der Waals surface area (Å²) in [5, 5.41) is 0. The molecule has 0 atom stereocenters. The molecule has 0 bridgehead atoms. The van der Waals surface area contributed by atoms with Crippen LogP contribution in [0.1, 0.15) is 76.3 Å². The van der Waals surface area contributed by atoms with Crippen LogP contribution in [0, 0.1) is 0 Å². The molecule has 3 rings (SSSR count). The lowest BCUT2D eigenvalue weighted by Gasteiger charge is -2.45. The van der Waals surface area contributed by atoms with Crippen molar-refractivity contribution >= 4 is 15.9 Å². The Morgan fingerprint density at radius 3 is 2.04 bits per heavy atom. The van der Waals surface area contributed by atoms with E-state index in [0.29, 0.717) is 0 Å². The van der Waals surface area contributed by atoms with Gasteiger partial charge < -0.3 is 0 Å². The van der Waals surface area contributed by atoms with E-state index in [-0.39, 0.29) is 16.2 Å². The van der Waals surface area contributed by atoms with Crippen LogP contribution in [0.3, 0.4) is 0 Å². The average Bonchev–Trinajstić information content (AvgIpc) is 2.44. The second kappa shape index (κ2) is 4.96. The van der Waals surface area contributed by atoms with E-state index in [2.05, 4.69) is 101 Å². The van der Waals surface area contributed by atoms with Crippen LogP contribution in [0.25, 0.3) is 0 Å². The molecular formula is C22H27Br. The van der Waals surface area contributed by atoms with E-state index >= 15 is 0 Å². The first kappa shape index (κ1) is 16.8. The molecule has 2 aromatic carbocycles. The number of hydrogen-bond acceptors (Lipinski definition) is 0. The van der Waals surface area contributed by atoms with E-state index in [0.717, 1.165) is 0 Å². The highest BCUT2D eigenvalue weighted by Crippen LogP contribution is 2.52. The maximum Gasteiger partial charge on any atom is 0.0219 e. The summed E-state index contributed by atoms with van der Waals surface area (Å²) in [5.74, 6) is 0. The van der Waals surface area contributed by atoms with Crippen LogP contribution < -0.4 is 0 Å². The van der Waals surface area contributed by atoms with E-state index in [1.54, 1.807) is 0 Å². The molecule has 0 fully saturated rings. The lowest BCUT2D eigenvalue weighted by atomic mass is 9.59. The summed E-state index contributed by atoms with van der Waals surface area (Å²) < 4.78 is 1.22. The van der Waals surface area contributed by atoms with Crippen LogP contribution >= 0.6 is 15.9 Å². The molecule has 0 N–H and O–H groups in total. The van der Waals surface area contributed by atoms with Crippen LogP contribution in [-0.4, -0.2) is 0 Å². The van der Waals surface area contributed by atoms with Crippen LogP contribution in [0.2, 0.25) is 0 Å². The largest absolute Gasteiger partial charge is 0.0608 e. The van der Waals surface area contributed by atoms with Gasteiger partial charge >= 0.3 is 0 Å². The van der Waals surface area contributed by atoms with Gasteiger partial charge in [0.05, 0.1) is 0 Å². The highest BCUT2D eigenvalue weighted by molar-refractivity contribution is 9.10. The average molecular weight is 371 g/mol. The Morgan fingerprint density at radius 1 is 0.783 bits per heavy atom. The molecule has 23 heavy (non-hydrogen) atoms. The lowest BCUT2D eigenvalue weighted by molar-refractivity contribution is 0.512. The summed E-state index contributed by atoms with van der Waals surface area (Å²) in [6, 6.07) is 13.8. The third kappa shape index (κ3) is 2.39. The van der Waals surface area contributed by atoms with Crippen molar-refractivity contribution in [3.8, 4) is 0 Å². The van der Waals surface area contributed by atoms with Crippen molar-refractivity contribution in [3.05, 3.63) is 68.7 Å². The highest BCUT2D eigenvalue weighted by atomic mass is 79.9. The molecule has 1 aliphatic rings. The number of benzene rings is 2. The van der Waals surface area contributed by atoms with Crippen molar-refractivity contribution in [2.75, 3.05) is 0 Å². The zero-order valence-electron chi connectivity index (χ0n) is 15.3. The number of fused-ring (bicyclic) bond motifs is 2. The molecule has 0 aromatic heterocycles. The molecule has 0 aliphatic heterocycles. The van der Waals surface area contributed by atoms with E-state index in [1.165, 1.54) is 32.3 Å². The molecule has 1 aliphatic carbocycles. The standard InChI is InChI=1S/C22H27Br/c1-20(2,3)14-11-12-15-17(13-14)21(4,5)16-9-8-10-18(23)19(16)22(15,6)7/h8-13H,1-7H3. The Kier molecular flexibility index (Phi) is 3.61. The third-order valence-electron chi connectivity index (χ3n) is 5.54.